The smallest absolute Gasteiger partial charge is 0.134 e. The number of aliphatic imine (C=N–C) groups is 1. The van der Waals surface area contributed by atoms with Crippen LogP contribution in [0.3, 0.4) is 0 Å². The lowest BCUT2D eigenvalue weighted by Crippen LogP contribution is -1.96. The van der Waals surface area contributed by atoms with Gasteiger partial charge in [-0.25, -0.2) is 4.39 Å². The highest BCUT2D eigenvalue weighted by Gasteiger charge is 2.04. The highest BCUT2D eigenvalue weighted by Crippen LogP contribution is 2.27. The first-order valence-corrected chi connectivity index (χ1v) is 9.09. The van der Waals surface area contributed by atoms with Gasteiger partial charge in [0.1, 0.15) is 18.2 Å². The number of aryl methyl sites for hydroxylation is 1. The number of nitrogens with zero attached hydrogens (tertiary/aromatic N) is 1. The van der Waals surface area contributed by atoms with Gasteiger partial charge in [-0.15, -0.1) is 0 Å². The van der Waals surface area contributed by atoms with Gasteiger partial charge in [-0.05, 0) is 88.4 Å². The van der Waals surface area contributed by atoms with E-state index < -0.39 is 0 Å². The van der Waals surface area contributed by atoms with Crippen molar-refractivity contribution in [3.63, 3.8) is 0 Å². The highest BCUT2D eigenvalue weighted by atomic mass is 79.9. The van der Waals surface area contributed by atoms with Crippen LogP contribution in [0.25, 0.3) is 0 Å². The van der Waals surface area contributed by atoms with Crippen LogP contribution < -0.4 is 4.74 Å². The van der Waals surface area contributed by atoms with Crippen molar-refractivity contribution in [1.82, 2.24) is 0 Å². The zero-order chi connectivity index (χ0) is 18.5. The first-order chi connectivity index (χ1) is 12.5. The lowest BCUT2D eigenvalue weighted by molar-refractivity contribution is 0.304. The molecule has 0 aliphatic carbocycles. The topological polar surface area (TPSA) is 21.6 Å². The van der Waals surface area contributed by atoms with Crippen LogP contribution in [-0.2, 0) is 6.61 Å². The molecule has 0 N–H and O–H groups in total. The van der Waals surface area contributed by atoms with Crippen LogP contribution in [0.5, 0.6) is 5.75 Å². The third-order valence-electron chi connectivity index (χ3n) is 4.19. The molecule has 2 nitrogen and oxygen atoms in total. The van der Waals surface area contributed by atoms with Crippen molar-refractivity contribution in [3.8, 4) is 5.75 Å². The van der Waals surface area contributed by atoms with Crippen molar-refractivity contribution >= 4 is 27.8 Å². The summed E-state index contributed by atoms with van der Waals surface area (Å²) < 4.78 is 19.6. The van der Waals surface area contributed by atoms with Gasteiger partial charge in [0.15, 0.2) is 0 Å². The van der Waals surface area contributed by atoms with Crippen molar-refractivity contribution < 1.29 is 9.13 Å². The maximum Gasteiger partial charge on any atom is 0.134 e. The van der Waals surface area contributed by atoms with Crippen LogP contribution in [-0.4, -0.2) is 6.21 Å². The number of hydrogen-bond donors (Lipinski definition) is 0. The maximum absolute atomic E-state index is 12.9. The van der Waals surface area contributed by atoms with Crippen molar-refractivity contribution in [2.75, 3.05) is 0 Å². The third-order valence-corrected chi connectivity index (χ3v) is 4.81. The first-order valence-electron chi connectivity index (χ1n) is 8.30. The van der Waals surface area contributed by atoms with Crippen LogP contribution in [0.2, 0.25) is 0 Å². The Labute approximate surface area is 161 Å². The monoisotopic (exact) mass is 411 g/mol. The van der Waals surface area contributed by atoms with Gasteiger partial charge in [0.05, 0.1) is 10.2 Å². The minimum absolute atomic E-state index is 0.248. The predicted molar refractivity (Wildman–Crippen MR) is 108 cm³/mol. The lowest BCUT2D eigenvalue weighted by Gasteiger charge is -2.09. The Hall–Kier alpha value is -2.46. The molecule has 0 saturated carbocycles. The molecule has 0 aliphatic rings. The van der Waals surface area contributed by atoms with E-state index in [9.17, 15) is 4.39 Å². The number of rotatable bonds is 5. The van der Waals surface area contributed by atoms with Gasteiger partial charge in [-0.1, -0.05) is 24.3 Å². The molecule has 3 aromatic rings. The Kier molecular flexibility index (Phi) is 5.84. The van der Waals surface area contributed by atoms with Gasteiger partial charge in [-0.2, -0.15) is 0 Å². The summed E-state index contributed by atoms with van der Waals surface area (Å²) in [5.41, 5.74) is 5.27. The second-order valence-electron chi connectivity index (χ2n) is 6.08. The first kappa shape index (κ1) is 18.3. The van der Waals surface area contributed by atoms with Gasteiger partial charge >= 0.3 is 0 Å². The van der Waals surface area contributed by atoms with E-state index in [0.717, 1.165) is 27.0 Å². The second-order valence-corrected chi connectivity index (χ2v) is 6.94. The molecule has 0 spiro atoms. The molecule has 4 heteroatoms. The SMILES string of the molecule is Cc1cccc(N=Cc2ccc(OCc3ccc(F)cc3)c(Br)c2)c1C. The Bertz CT molecular complexity index is 935. The molecular formula is C22H19BrFNO. The number of benzene rings is 3. The molecule has 0 aromatic heterocycles. The van der Waals surface area contributed by atoms with E-state index in [1.54, 1.807) is 12.1 Å². The molecule has 0 unspecified atom stereocenters. The fourth-order valence-electron chi connectivity index (χ4n) is 2.48. The van der Waals surface area contributed by atoms with E-state index >= 15 is 0 Å². The quantitative estimate of drug-likeness (QED) is 0.437. The minimum atomic E-state index is -0.248. The third kappa shape index (κ3) is 4.58. The summed E-state index contributed by atoms with van der Waals surface area (Å²) >= 11 is 3.54. The number of ether oxygens (including phenoxy) is 1. The number of hydrogen-bond acceptors (Lipinski definition) is 2. The summed E-state index contributed by atoms with van der Waals surface area (Å²) in [5.74, 6) is 0.487. The molecule has 0 heterocycles. The summed E-state index contributed by atoms with van der Waals surface area (Å²) in [5, 5.41) is 0. The molecule has 0 atom stereocenters. The molecule has 26 heavy (non-hydrogen) atoms. The standard InChI is InChI=1S/C22H19BrFNO/c1-15-4-3-5-21(16(15)2)25-13-18-8-11-22(20(23)12-18)26-14-17-6-9-19(24)10-7-17/h3-13H,14H2,1-2H3. The van der Waals surface area contributed by atoms with Crippen molar-refractivity contribution in [2.45, 2.75) is 20.5 Å². The summed E-state index contributed by atoms with van der Waals surface area (Å²) in [6.07, 6.45) is 1.84. The molecule has 0 saturated heterocycles. The summed E-state index contributed by atoms with van der Waals surface area (Å²) in [6.45, 7) is 4.54. The Morgan fingerprint density at radius 2 is 1.81 bits per heavy atom. The predicted octanol–water partition coefficient (Wildman–Crippen LogP) is 6.53. The Morgan fingerprint density at radius 3 is 2.54 bits per heavy atom. The van der Waals surface area contributed by atoms with E-state index in [4.69, 9.17) is 4.74 Å². The molecule has 3 rings (SSSR count). The zero-order valence-electron chi connectivity index (χ0n) is 14.7. The molecule has 0 fully saturated rings. The normalized spacial score (nSPS) is 11.1. The van der Waals surface area contributed by atoms with E-state index in [1.807, 2.05) is 36.5 Å². The molecule has 0 aliphatic heterocycles. The molecular weight excluding hydrogens is 393 g/mol. The van der Waals surface area contributed by atoms with Crippen molar-refractivity contribution in [2.24, 2.45) is 4.99 Å². The molecule has 0 radical (unpaired) electrons. The van der Waals surface area contributed by atoms with Gasteiger partial charge < -0.3 is 4.74 Å². The van der Waals surface area contributed by atoms with Gasteiger partial charge in [0.2, 0.25) is 0 Å². The summed E-state index contributed by atoms with van der Waals surface area (Å²) in [7, 11) is 0. The van der Waals surface area contributed by atoms with Crippen LogP contribution in [0.1, 0.15) is 22.3 Å². The van der Waals surface area contributed by atoms with E-state index in [2.05, 4.69) is 40.8 Å². The van der Waals surface area contributed by atoms with Gasteiger partial charge in [0.25, 0.3) is 0 Å². The summed E-state index contributed by atoms with van der Waals surface area (Å²) in [4.78, 5) is 4.59. The van der Waals surface area contributed by atoms with E-state index in [1.165, 1.54) is 23.3 Å². The fraction of sp³-hybridized carbons (Fsp3) is 0.136. The lowest BCUT2D eigenvalue weighted by atomic mass is 10.1. The molecule has 132 valence electrons. The minimum Gasteiger partial charge on any atom is -0.488 e. The average Bonchev–Trinajstić information content (AvgIpc) is 2.63. The van der Waals surface area contributed by atoms with Crippen LogP contribution in [0.15, 0.2) is 70.1 Å². The average molecular weight is 412 g/mol. The van der Waals surface area contributed by atoms with Crippen LogP contribution >= 0.6 is 15.9 Å². The highest BCUT2D eigenvalue weighted by molar-refractivity contribution is 9.10. The summed E-state index contributed by atoms with van der Waals surface area (Å²) in [6, 6.07) is 18.2. The molecule has 0 bridgehead atoms. The Morgan fingerprint density at radius 1 is 1.04 bits per heavy atom. The van der Waals surface area contributed by atoms with Crippen LogP contribution in [0, 0.1) is 19.7 Å². The van der Waals surface area contributed by atoms with Crippen molar-refractivity contribution in [1.29, 1.82) is 0 Å². The Balaban J connectivity index is 1.70. The van der Waals surface area contributed by atoms with Crippen LogP contribution in [0.4, 0.5) is 10.1 Å². The van der Waals surface area contributed by atoms with Gasteiger partial charge in [0, 0.05) is 6.21 Å². The van der Waals surface area contributed by atoms with E-state index in [0.29, 0.717) is 6.61 Å². The zero-order valence-corrected chi connectivity index (χ0v) is 16.3. The van der Waals surface area contributed by atoms with E-state index in [-0.39, 0.29) is 5.82 Å². The fourth-order valence-corrected chi connectivity index (χ4v) is 2.99. The second kappa shape index (κ2) is 8.28. The van der Waals surface area contributed by atoms with Crippen molar-refractivity contribution in [3.05, 3.63) is 93.2 Å². The molecule has 3 aromatic carbocycles. The largest absolute Gasteiger partial charge is 0.488 e. The maximum atomic E-state index is 12.9. The molecule has 0 amide bonds. The number of halogens is 2. The van der Waals surface area contributed by atoms with Gasteiger partial charge in [-0.3, -0.25) is 4.99 Å².